The molecule has 0 amide bonds. The molecular formula is C11H21N3O. The van der Waals surface area contributed by atoms with Crippen LogP contribution in [0.5, 0.6) is 5.88 Å². The predicted molar refractivity (Wildman–Crippen MR) is 61.1 cm³/mol. The highest BCUT2D eigenvalue weighted by Gasteiger charge is 2.18. The molecule has 0 aliphatic heterocycles. The maximum absolute atomic E-state index is 5.74. The highest BCUT2D eigenvalue weighted by Crippen LogP contribution is 2.18. The van der Waals surface area contributed by atoms with E-state index >= 15 is 0 Å². The van der Waals surface area contributed by atoms with Crippen molar-refractivity contribution in [3.05, 3.63) is 11.8 Å². The first-order valence-electron chi connectivity index (χ1n) is 5.23. The number of nitrogens with zero attached hydrogens (tertiary/aromatic N) is 2. The molecule has 0 atom stereocenters. The first-order valence-corrected chi connectivity index (χ1v) is 5.23. The Bertz CT molecular complexity index is 318. The Morgan fingerprint density at radius 1 is 1.53 bits per heavy atom. The molecule has 0 saturated heterocycles. The van der Waals surface area contributed by atoms with Crippen molar-refractivity contribution in [3.63, 3.8) is 0 Å². The number of ether oxygens (including phenoxy) is 1. The third-order valence-corrected chi connectivity index (χ3v) is 2.23. The van der Waals surface area contributed by atoms with Crippen molar-refractivity contribution in [1.29, 1.82) is 0 Å². The zero-order valence-corrected chi connectivity index (χ0v) is 10.3. The summed E-state index contributed by atoms with van der Waals surface area (Å²) in [6.07, 6.45) is 0. The Morgan fingerprint density at radius 3 is 2.67 bits per heavy atom. The van der Waals surface area contributed by atoms with E-state index in [-0.39, 0.29) is 5.41 Å². The van der Waals surface area contributed by atoms with Gasteiger partial charge in [0.15, 0.2) is 0 Å². The normalized spacial score (nSPS) is 11.8. The van der Waals surface area contributed by atoms with Crippen LogP contribution < -0.4 is 10.1 Å². The average molecular weight is 211 g/mol. The predicted octanol–water partition coefficient (Wildman–Crippen LogP) is 1.35. The lowest BCUT2D eigenvalue weighted by Gasteiger charge is -2.23. The van der Waals surface area contributed by atoms with Crippen LogP contribution in [0, 0.1) is 12.3 Å². The van der Waals surface area contributed by atoms with Gasteiger partial charge in [0.1, 0.15) is 0 Å². The third kappa shape index (κ3) is 3.55. The molecule has 1 rings (SSSR count). The zero-order valence-electron chi connectivity index (χ0n) is 10.3. The summed E-state index contributed by atoms with van der Waals surface area (Å²) in [5, 5.41) is 7.40. The van der Waals surface area contributed by atoms with Crippen LogP contribution in [0.2, 0.25) is 0 Å². The highest BCUT2D eigenvalue weighted by atomic mass is 16.5. The molecule has 0 aromatic carbocycles. The fourth-order valence-electron chi connectivity index (χ4n) is 1.52. The van der Waals surface area contributed by atoms with Crippen LogP contribution in [0.25, 0.3) is 0 Å². The standard InChI is InChI=1S/C11H21N3O/c1-9-6-10(14(5)13-9)15-8-11(2,3)7-12-4/h6,12H,7-8H2,1-5H3. The van der Waals surface area contributed by atoms with Crippen LogP contribution in [-0.2, 0) is 7.05 Å². The van der Waals surface area contributed by atoms with Gasteiger partial charge in [-0.2, -0.15) is 5.10 Å². The highest BCUT2D eigenvalue weighted by molar-refractivity contribution is 5.14. The number of nitrogens with one attached hydrogen (secondary N) is 1. The number of hydrogen-bond donors (Lipinski definition) is 1. The maximum atomic E-state index is 5.74. The molecule has 0 bridgehead atoms. The average Bonchev–Trinajstić information content (AvgIpc) is 2.42. The van der Waals surface area contributed by atoms with E-state index in [1.807, 2.05) is 27.1 Å². The van der Waals surface area contributed by atoms with Crippen LogP contribution >= 0.6 is 0 Å². The summed E-state index contributed by atoms with van der Waals surface area (Å²) in [4.78, 5) is 0. The zero-order chi connectivity index (χ0) is 11.5. The lowest BCUT2D eigenvalue weighted by Crippen LogP contribution is -2.32. The molecule has 1 aromatic heterocycles. The van der Waals surface area contributed by atoms with Gasteiger partial charge in [0.05, 0.1) is 12.3 Å². The summed E-state index contributed by atoms with van der Waals surface area (Å²) in [6.45, 7) is 7.93. The van der Waals surface area contributed by atoms with Crippen molar-refractivity contribution in [3.8, 4) is 5.88 Å². The van der Waals surface area contributed by atoms with Crippen LogP contribution in [-0.4, -0.2) is 30.0 Å². The largest absolute Gasteiger partial charge is 0.477 e. The minimum Gasteiger partial charge on any atom is -0.477 e. The van der Waals surface area contributed by atoms with E-state index in [0.717, 1.165) is 18.1 Å². The molecule has 0 spiro atoms. The van der Waals surface area contributed by atoms with E-state index in [1.54, 1.807) is 4.68 Å². The van der Waals surface area contributed by atoms with Crippen LogP contribution in [0.3, 0.4) is 0 Å². The molecule has 0 aliphatic carbocycles. The van der Waals surface area contributed by atoms with E-state index < -0.39 is 0 Å². The summed E-state index contributed by atoms with van der Waals surface area (Å²) >= 11 is 0. The molecule has 0 aliphatic rings. The van der Waals surface area contributed by atoms with Crippen molar-refractivity contribution in [2.24, 2.45) is 12.5 Å². The van der Waals surface area contributed by atoms with E-state index in [4.69, 9.17) is 4.74 Å². The molecule has 0 radical (unpaired) electrons. The Morgan fingerprint density at radius 2 is 2.20 bits per heavy atom. The number of aromatic nitrogens is 2. The van der Waals surface area contributed by atoms with Crippen molar-refractivity contribution in [1.82, 2.24) is 15.1 Å². The summed E-state index contributed by atoms with van der Waals surface area (Å²) < 4.78 is 7.50. The van der Waals surface area contributed by atoms with Crippen LogP contribution in [0.15, 0.2) is 6.07 Å². The molecule has 0 unspecified atom stereocenters. The topological polar surface area (TPSA) is 39.1 Å². The van der Waals surface area contributed by atoms with Crippen molar-refractivity contribution in [2.75, 3.05) is 20.2 Å². The minimum absolute atomic E-state index is 0.132. The molecule has 0 saturated carbocycles. The van der Waals surface area contributed by atoms with Crippen LogP contribution in [0.4, 0.5) is 0 Å². The van der Waals surface area contributed by atoms with Crippen molar-refractivity contribution >= 4 is 0 Å². The van der Waals surface area contributed by atoms with Crippen LogP contribution in [0.1, 0.15) is 19.5 Å². The molecule has 0 fully saturated rings. The molecule has 86 valence electrons. The number of aryl methyl sites for hydroxylation is 2. The van der Waals surface area contributed by atoms with E-state index in [0.29, 0.717) is 6.61 Å². The minimum atomic E-state index is 0.132. The molecule has 1 aromatic rings. The van der Waals surface area contributed by atoms with Gasteiger partial charge in [-0.25, -0.2) is 4.68 Å². The summed E-state index contributed by atoms with van der Waals surface area (Å²) in [6, 6.07) is 1.95. The van der Waals surface area contributed by atoms with Gasteiger partial charge >= 0.3 is 0 Å². The van der Waals surface area contributed by atoms with Gasteiger partial charge in [0, 0.05) is 25.1 Å². The van der Waals surface area contributed by atoms with Gasteiger partial charge in [0.2, 0.25) is 5.88 Å². The number of hydrogen-bond acceptors (Lipinski definition) is 3. The fraction of sp³-hybridized carbons (Fsp3) is 0.727. The first kappa shape index (κ1) is 12.0. The maximum Gasteiger partial charge on any atom is 0.211 e. The lowest BCUT2D eigenvalue weighted by atomic mass is 9.95. The fourth-order valence-corrected chi connectivity index (χ4v) is 1.52. The Kier molecular flexibility index (Phi) is 3.74. The molecule has 4 nitrogen and oxygen atoms in total. The molecule has 15 heavy (non-hydrogen) atoms. The van der Waals surface area contributed by atoms with E-state index in [1.165, 1.54) is 0 Å². The Balaban J connectivity index is 2.53. The van der Waals surface area contributed by atoms with Gasteiger partial charge in [-0.15, -0.1) is 0 Å². The quantitative estimate of drug-likeness (QED) is 0.799. The van der Waals surface area contributed by atoms with Gasteiger partial charge in [-0.1, -0.05) is 13.8 Å². The summed E-state index contributed by atoms with van der Waals surface area (Å²) in [5.74, 6) is 0.830. The van der Waals surface area contributed by atoms with Gasteiger partial charge < -0.3 is 10.1 Å². The second-order valence-electron chi connectivity index (χ2n) is 4.73. The molecule has 1 heterocycles. The van der Waals surface area contributed by atoms with Gasteiger partial charge in [-0.05, 0) is 14.0 Å². The second-order valence-corrected chi connectivity index (χ2v) is 4.73. The molecular weight excluding hydrogens is 190 g/mol. The molecule has 1 N–H and O–H groups in total. The van der Waals surface area contributed by atoms with Crippen molar-refractivity contribution < 1.29 is 4.74 Å². The Hall–Kier alpha value is -1.03. The number of rotatable bonds is 5. The smallest absolute Gasteiger partial charge is 0.211 e. The third-order valence-electron chi connectivity index (χ3n) is 2.23. The summed E-state index contributed by atoms with van der Waals surface area (Å²) in [7, 11) is 3.85. The lowest BCUT2D eigenvalue weighted by molar-refractivity contribution is 0.167. The summed E-state index contributed by atoms with van der Waals surface area (Å²) in [5.41, 5.74) is 1.12. The SMILES string of the molecule is CNCC(C)(C)COc1cc(C)nn1C. The van der Waals surface area contributed by atoms with E-state index in [9.17, 15) is 0 Å². The van der Waals surface area contributed by atoms with Gasteiger partial charge in [0.25, 0.3) is 0 Å². The second kappa shape index (κ2) is 4.66. The van der Waals surface area contributed by atoms with E-state index in [2.05, 4.69) is 24.3 Å². The monoisotopic (exact) mass is 211 g/mol. The van der Waals surface area contributed by atoms with Gasteiger partial charge in [-0.3, -0.25) is 0 Å². The first-order chi connectivity index (χ1) is 6.94. The molecule has 4 heteroatoms. The van der Waals surface area contributed by atoms with Crippen molar-refractivity contribution in [2.45, 2.75) is 20.8 Å². The Labute approximate surface area is 91.6 Å².